The number of nitrogens with zero attached hydrogens (tertiary/aromatic N) is 1. The minimum Gasteiger partial charge on any atom is -0.479 e. The molecule has 4 nitrogen and oxygen atoms in total. The zero-order valence-electron chi connectivity index (χ0n) is 7.91. The van der Waals surface area contributed by atoms with Crippen LogP contribution in [0.2, 0.25) is 0 Å². The Morgan fingerprint density at radius 1 is 1.64 bits per heavy atom. The van der Waals surface area contributed by atoms with Gasteiger partial charge in [-0.05, 0) is 13.0 Å². The first-order valence-corrected chi connectivity index (χ1v) is 4.06. The molecule has 1 heterocycles. The van der Waals surface area contributed by atoms with E-state index in [0.29, 0.717) is 0 Å². The van der Waals surface area contributed by atoms with Crippen molar-refractivity contribution in [3.63, 3.8) is 0 Å². The lowest BCUT2D eigenvalue weighted by Crippen LogP contribution is -2.08. The van der Waals surface area contributed by atoms with Gasteiger partial charge in [0.2, 0.25) is 0 Å². The highest BCUT2D eigenvalue weighted by Gasteiger charge is 2.17. The smallest absolute Gasteiger partial charge is 0.341 e. The minimum absolute atomic E-state index is 0.168. The molecule has 0 saturated heterocycles. The molecule has 76 valence electrons. The third-order valence-corrected chi connectivity index (χ3v) is 1.55. The van der Waals surface area contributed by atoms with Gasteiger partial charge in [-0.15, -0.1) is 0 Å². The van der Waals surface area contributed by atoms with Gasteiger partial charge in [0.15, 0.2) is 5.82 Å². The number of methoxy groups -OCH3 is 1. The number of pyridine rings is 1. The molecule has 0 bridgehead atoms. The number of hydrogen-bond acceptors (Lipinski definition) is 4. The number of ether oxygens (including phenoxy) is 2. The van der Waals surface area contributed by atoms with Crippen LogP contribution in [0.5, 0.6) is 5.88 Å². The van der Waals surface area contributed by atoms with Gasteiger partial charge in [0.05, 0.1) is 13.7 Å². The predicted molar refractivity (Wildman–Crippen MR) is 46.7 cm³/mol. The molecule has 1 aromatic rings. The van der Waals surface area contributed by atoms with Crippen LogP contribution in [0.25, 0.3) is 0 Å². The average molecular weight is 199 g/mol. The van der Waals surface area contributed by atoms with Gasteiger partial charge in [0.25, 0.3) is 5.88 Å². The summed E-state index contributed by atoms with van der Waals surface area (Å²) in [6.45, 7) is 1.84. The van der Waals surface area contributed by atoms with E-state index in [9.17, 15) is 9.18 Å². The largest absolute Gasteiger partial charge is 0.479 e. The first-order valence-electron chi connectivity index (χ1n) is 4.06. The van der Waals surface area contributed by atoms with Crippen molar-refractivity contribution in [1.82, 2.24) is 4.98 Å². The monoisotopic (exact) mass is 199 g/mol. The summed E-state index contributed by atoms with van der Waals surface area (Å²) < 4.78 is 22.6. The lowest BCUT2D eigenvalue weighted by molar-refractivity contribution is 0.0520. The topological polar surface area (TPSA) is 48.4 Å². The van der Waals surface area contributed by atoms with Crippen LogP contribution in [0.3, 0.4) is 0 Å². The van der Waals surface area contributed by atoms with Gasteiger partial charge in [-0.3, -0.25) is 0 Å². The van der Waals surface area contributed by atoms with Crippen LogP contribution >= 0.6 is 0 Å². The highest BCUT2D eigenvalue weighted by Crippen LogP contribution is 2.17. The highest BCUT2D eigenvalue weighted by molar-refractivity contribution is 5.89. The normalized spacial score (nSPS) is 9.64. The SMILES string of the molecule is CCOC(=O)c1ccnc(OC)c1F. The van der Waals surface area contributed by atoms with Crippen molar-refractivity contribution in [1.29, 1.82) is 0 Å². The van der Waals surface area contributed by atoms with Crippen LogP contribution in [0.4, 0.5) is 4.39 Å². The van der Waals surface area contributed by atoms with Gasteiger partial charge >= 0.3 is 5.97 Å². The van der Waals surface area contributed by atoms with E-state index >= 15 is 0 Å². The maximum absolute atomic E-state index is 13.4. The zero-order chi connectivity index (χ0) is 10.6. The maximum atomic E-state index is 13.4. The Labute approximate surface area is 80.7 Å². The van der Waals surface area contributed by atoms with Crippen molar-refractivity contribution in [2.24, 2.45) is 0 Å². The fourth-order valence-corrected chi connectivity index (χ4v) is 0.933. The number of hydrogen-bond donors (Lipinski definition) is 0. The fraction of sp³-hybridized carbons (Fsp3) is 0.333. The van der Waals surface area contributed by atoms with Crippen LogP contribution in [-0.4, -0.2) is 24.7 Å². The third kappa shape index (κ3) is 1.99. The molecule has 0 radical (unpaired) electrons. The van der Waals surface area contributed by atoms with Crippen molar-refractivity contribution in [2.45, 2.75) is 6.92 Å². The molecule has 14 heavy (non-hydrogen) atoms. The minimum atomic E-state index is -0.798. The summed E-state index contributed by atoms with van der Waals surface area (Å²) in [5.41, 5.74) is -0.168. The first-order chi connectivity index (χ1) is 6.70. The second kappa shape index (κ2) is 4.55. The van der Waals surface area contributed by atoms with Gasteiger partial charge < -0.3 is 9.47 Å². The molecular weight excluding hydrogens is 189 g/mol. The number of carbonyl (C=O) groups is 1. The second-order valence-corrected chi connectivity index (χ2v) is 2.40. The van der Waals surface area contributed by atoms with Crippen molar-refractivity contribution in [2.75, 3.05) is 13.7 Å². The van der Waals surface area contributed by atoms with E-state index in [2.05, 4.69) is 14.5 Å². The molecule has 0 N–H and O–H groups in total. The standard InChI is InChI=1S/C9H10FNO3/c1-3-14-9(12)6-4-5-11-8(13-2)7(6)10/h4-5H,3H2,1-2H3. The van der Waals surface area contributed by atoms with Crippen molar-refractivity contribution >= 4 is 5.97 Å². The third-order valence-electron chi connectivity index (χ3n) is 1.55. The summed E-state index contributed by atoms with van der Waals surface area (Å²) in [6.07, 6.45) is 1.29. The summed E-state index contributed by atoms with van der Waals surface area (Å²) in [5, 5.41) is 0. The Morgan fingerprint density at radius 2 is 2.36 bits per heavy atom. The Hall–Kier alpha value is -1.65. The molecule has 0 unspecified atom stereocenters. The van der Waals surface area contributed by atoms with E-state index in [1.165, 1.54) is 19.4 Å². The Kier molecular flexibility index (Phi) is 3.39. The molecule has 0 fully saturated rings. The van der Waals surface area contributed by atoms with E-state index in [4.69, 9.17) is 0 Å². The van der Waals surface area contributed by atoms with E-state index < -0.39 is 11.8 Å². The van der Waals surface area contributed by atoms with Crippen LogP contribution < -0.4 is 4.74 Å². The van der Waals surface area contributed by atoms with Gasteiger partial charge in [0, 0.05) is 6.20 Å². The quantitative estimate of drug-likeness (QED) is 0.690. The van der Waals surface area contributed by atoms with Crippen LogP contribution in [-0.2, 0) is 4.74 Å². The number of aromatic nitrogens is 1. The Bertz CT molecular complexity index is 341. The van der Waals surface area contributed by atoms with Crippen LogP contribution in [0.1, 0.15) is 17.3 Å². The summed E-state index contributed by atoms with van der Waals surface area (Å²) >= 11 is 0. The van der Waals surface area contributed by atoms with Gasteiger partial charge in [-0.1, -0.05) is 0 Å². The number of halogens is 1. The molecular formula is C9H10FNO3. The van der Waals surface area contributed by atoms with Gasteiger partial charge in [-0.25, -0.2) is 14.2 Å². The first kappa shape index (κ1) is 10.4. The molecule has 0 aliphatic heterocycles. The molecule has 0 aliphatic carbocycles. The summed E-state index contributed by atoms with van der Waals surface area (Å²) in [6, 6.07) is 1.25. The molecule has 0 spiro atoms. The molecule has 1 aromatic heterocycles. The highest BCUT2D eigenvalue weighted by atomic mass is 19.1. The molecule has 0 atom stereocenters. The molecule has 0 aromatic carbocycles. The van der Waals surface area contributed by atoms with Crippen molar-refractivity contribution in [3.8, 4) is 5.88 Å². The van der Waals surface area contributed by atoms with E-state index in [0.717, 1.165) is 0 Å². The Morgan fingerprint density at radius 3 is 2.93 bits per heavy atom. The van der Waals surface area contributed by atoms with Crippen molar-refractivity contribution < 1.29 is 18.7 Å². The molecule has 0 amide bonds. The number of rotatable bonds is 3. The molecule has 1 rings (SSSR count). The van der Waals surface area contributed by atoms with E-state index in [-0.39, 0.29) is 18.1 Å². The molecule has 0 saturated carbocycles. The lowest BCUT2D eigenvalue weighted by atomic mass is 10.2. The second-order valence-electron chi connectivity index (χ2n) is 2.40. The Balaban J connectivity index is 3.03. The van der Waals surface area contributed by atoms with Gasteiger partial charge in [0.1, 0.15) is 5.56 Å². The number of carbonyl (C=O) groups excluding carboxylic acids is 1. The van der Waals surface area contributed by atoms with Crippen LogP contribution in [0, 0.1) is 5.82 Å². The summed E-state index contributed by atoms with van der Waals surface area (Å²) in [5.74, 6) is -1.73. The maximum Gasteiger partial charge on any atom is 0.341 e. The number of esters is 1. The predicted octanol–water partition coefficient (Wildman–Crippen LogP) is 1.41. The fourth-order valence-electron chi connectivity index (χ4n) is 0.933. The lowest BCUT2D eigenvalue weighted by Gasteiger charge is -2.05. The molecule has 0 aliphatic rings. The van der Waals surface area contributed by atoms with E-state index in [1.54, 1.807) is 6.92 Å². The average Bonchev–Trinajstić information content (AvgIpc) is 2.18. The van der Waals surface area contributed by atoms with Gasteiger partial charge in [-0.2, -0.15) is 0 Å². The summed E-state index contributed by atoms with van der Waals surface area (Å²) in [4.78, 5) is 14.8. The van der Waals surface area contributed by atoms with E-state index in [1.807, 2.05) is 0 Å². The molecule has 5 heteroatoms. The summed E-state index contributed by atoms with van der Waals surface area (Å²) in [7, 11) is 1.28. The van der Waals surface area contributed by atoms with Crippen LogP contribution in [0.15, 0.2) is 12.3 Å². The van der Waals surface area contributed by atoms with Crippen molar-refractivity contribution in [3.05, 3.63) is 23.6 Å². The zero-order valence-corrected chi connectivity index (χ0v) is 7.91.